The third-order valence-electron chi connectivity index (χ3n) is 5.25. The van der Waals surface area contributed by atoms with Crippen molar-refractivity contribution in [3.05, 3.63) is 91.3 Å². The third-order valence-corrected chi connectivity index (χ3v) is 6.31. The molecule has 0 saturated heterocycles. The van der Waals surface area contributed by atoms with E-state index < -0.39 is 0 Å². The summed E-state index contributed by atoms with van der Waals surface area (Å²) in [6.07, 6.45) is 5.73. The lowest BCUT2D eigenvalue weighted by molar-refractivity contribution is 0.630. The van der Waals surface area contributed by atoms with E-state index >= 15 is 0 Å². The number of imidazole rings is 1. The Kier molecular flexibility index (Phi) is 3.79. The van der Waals surface area contributed by atoms with Crippen LogP contribution in [0.1, 0.15) is 0 Å². The highest BCUT2D eigenvalue weighted by Gasteiger charge is 2.13. The summed E-state index contributed by atoms with van der Waals surface area (Å²) in [7, 11) is 0. The Hall–Kier alpha value is -3.77. The number of rotatable bonds is 3. The fourth-order valence-electron chi connectivity index (χ4n) is 3.77. The van der Waals surface area contributed by atoms with Crippen molar-refractivity contribution >= 4 is 32.5 Å². The lowest BCUT2D eigenvalue weighted by Crippen LogP contribution is -1.94. The van der Waals surface area contributed by atoms with E-state index in [0.717, 1.165) is 48.6 Å². The first-order valence-corrected chi connectivity index (χ1v) is 10.3. The van der Waals surface area contributed by atoms with Crippen LogP contribution in [-0.4, -0.2) is 19.5 Å². The van der Waals surface area contributed by atoms with Gasteiger partial charge in [0.05, 0.1) is 28.4 Å². The second kappa shape index (κ2) is 6.64. The number of hydrogen-bond donors (Lipinski definition) is 1. The Morgan fingerprint density at radius 1 is 0.967 bits per heavy atom. The van der Waals surface area contributed by atoms with Crippen LogP contribution in [0.25, 0.3) is 48.6 Å². The quantitative estimate of drug-likeness (QED) is 0.365. The number of aromatic amines is 1. The molecule has 6 heteroatoms. The Balaban J connectivity index is 1.39. The highest BCUT2D eigenvalue weighted by Crippen LogP contribution is 2.33. The topological polar surface area (TPSA) is 46.5 Å². The van der Waals surface area contributed by atoms with Crippen molar-refractivity contribution in [2.24, 2.45) is 0 Å². The lowest BCUT2D eigenvalue weighted by Gasteiger charge is -2.08. The maximum absolute atomic E-state index is 13.5. The molecule has 3 aromatic heterocycles. The maximum Gasteiger partial charge on any atom is 0.124 e. The monoisotopic (exact) mass is 410 g/mol. The van der Waals surface area contributed by atoms with Crippen LogP contribution < -0.4 is 0 Å². The van der Waals surface area contributed by atoms with Gasteiger partial charge in [0.1, 0.15) is 10.8 Å². The van der Waals surface area contributed by atoms with Crippen LogP contribution >= 0.6 is 11.3 Å². The summed E-state index contributed by atoms with van der Waals surface area (Å²) in [4.78, 5) is 12.3. The van der Waals surface area contributed by atoms with E-state index in [-0.39, 0.29) is 5.82 Å². The molecule has 0 unspecified atom stereocenters. The van der Waals surface area contributed by atoms with Crippen LogP contribution in [0.3, 0.4) is 0 Å². The number of fused-ring (bicyclic) bond motifs is 2. The van der Waals surface area contributed by atoms with E-state index in [9.17, 15) is 4.39 Å². The number of aromatic nitrogens is 4. The summed E-state index contributed by atoms with van der Waals surface area (Å²) in [6.45, 7) is 0. The number of thiazole rings is 1. The van der Waals surface area contributed by atoms with Crippen LogP contribution in [0.4, 0.5) is 4.39 Å². The van der Waals surface area contributed by atoms with Gasteiger partial charge < -0.3 is 4.98 Å². The first-order valence-electron chi connectivity index (χ1n) is 9.52. The van der Waals surface area contributed by atoms with Crippen molar-refractivity contribution in [1.29, 1.82) is 0 Å². The zero-order valence-electron chi connectivity index (χ0n) is 15.7. The van der Waals surface area contributed by atoms with Crippen LogP contribution in [0.15, 0.2) is 85.5 Å². The molecular weight excluding hydrogens is 395 g/mol. The average Bonchev–Trinajstić information content (AvgIpc) is 3.50. The van der Waals surface area contributed by atoms with Gasteiger partial charge in [0.2, 0.25) is 0 Å². The molecule has 0 aliphatic heterocycles. The van der Waals surface area contributed by atoms with Crippen LogP contribution in [-0.2, 0) is 0 Å². The number of hydrogen-bond acceptors (Lipinski definition) is 3. The van der Waals surface area contributed by atoms with Crippen molar-refractivity contribution in [2.75, 3.05) is 0 Å². The molecule has 144 valence electrons. The largest absolute Gasteiger partial charge is 0.360 e. The van der Waals surface area contributed by atoms with Gasteiger partial charge in [-0.15, -0.1) is 11.3 Å². The van der Waals surface area contributed by atoms with Crippen molar-refractivity contribution < 1.29 is 4.39 Å². The van der Waals surface area contributed by atoms with Gasteiger partial charge in [0.25, 0.3) is 0 Å². The summed E-state index contributed by atoms with van der Waals surface area (Å²) in [5, 5.41) is 2.04. The van der Waals surface area contributed by atoms with Gasteiger partial charge in [-0.3, -0.25) is 4.57 Å². The first kappa shape index (κ1) is 17.1. The molecule has 3 heterocycles. The third kappa shape index (κ3) is 2.73. The molecular formula is C24H15FN4S. The van der Waals surface area contributed by atoms with Crippen LogP contribution in [0.2, 0.25) is 0 Å². The summed E-state index contributed by atoms with van der Waals surface area (Å²) >= 11 is 1.50. The fraction of sp³-hybridized carbons (Fsp3) is 0. The summed E-state index contributed by atoms with van der Waals surface area (Å²) in [6, 6.07) is 21.1. The summed E-state index contributed by atoms with van der Waals surface area (Å²) in [5.74, 6) is -0.238. The predicted molar refractivity (Wildman–Crippen MR) is 119 cm³/mol. The lowest BCUT2D eigenvalue weighted by atomic mass is 10.1. The Bertz CT molecular complexity index is 1510. The van der Waals surface area contributed by atoms with Crippen molar-refractivity contribution in [2.45, 2.75) is 0 Å². The Morgan fingerprint density at radius 2 is 1.83 bits per heavy atom. The van der Waals surface area contributed by atoms with E-state index in [0.29, 0.717) is 0 Å². The minimum Gasteiger partial charge on any atom is -0.360 e. The van der Waals surface area contributed by atoms with E-state index in [1.807, 2.05) is 43.0 Å². The highest BCUT2D eigenvalue weighted by molar-refractivity contribution is 7.21. The minimum absolute atomic E-state index is 0.238. The molecule has 0 aliphatic carbocycles. The molecule has 0 aliphatic rings. The molecule has 6 aromatic rings. The molecule has 0 bridgehead atoms. The molecule has 6 rings (SSSR count). The normalized spacial score (nSPS) is 11.5. The molecule has 0 radical (unpaired) electrons. The number of benzene rings is 3. The number of nitrogens with one attached hydrogen (secondary N) is 1. The van der Waals surface area contributed by atoms with E-state index in [1.54, 1.807) is 6.07 Å². The second-order valence-corrected chi connectivity index (χ2v) is 8.11. The predicted octanol–water partition coefficient (Wildman–Crippen LogP) is 6.44. The van der Waals surface area contributed by atoms with Gasteiger partial charge in [-0.1, -0.05) is 18.2 Å². The fourth-order valence-corrected chi connectivity index (χ4v) is 4.77. The van der Waals surface area contributed by atoms with E-state index in [4.69, 9.17) is 0 Å². The molecule has 0 fully saturated rings. The van der Waals surface area contributed by atoms with Gasteiger partial charge in [0, 0.05) is 33.9 Å². The molecule has 30 heavy (non-hydrogen) atoms. The van der Waals surface area contributed by atoms with E-state index in [1.165, 1.54) is 23.5 Å². The maximum atomic E-state index is 13.5. The number of nitrogens with zero attached hydrogens (tertiary/aromatic N) is 3. The second-order valence-electron chi connectivity index (χ2n) is 7.07. The van der Waals surface area contributed by atoms with Crippen LogP contribution in [0.5, 0.6) is 0 Å². The Labute approximate surface area is 175 Å². The molecule has 0 atom stereocenters. The molecule has 0 amide bonds. The molecule has 0 spiro atoms. The smallest absolute Gasteiger partial charge is 0.124 e. The van der Waals surface area contributed by atoms with Crippen molar-refractivity contribution in [1.82, 2.24) is 19.5 Å². The number of halogens is 1. The first-order chi connectivity index (χ1) is 14.8. The van der Waals surface area contributed by atoms with Crippen molar-refractivity contribution in [3.63, 3.8) is 0 Å². The summed E-state index contributed by atoms with van der Waals surface area (Å²) in [5.41, 5.74) is 6.08. The zero-order chi connectivity index (χ0) is 20.1. The Morgan fingerprint density at radius 3 is 2.73 bits per heavy atom. The van der Waals surface area contributed by atoms with Gasteiger partial charge in [-0.2, -0.15) is 0 Å². The zero-order valence-corrected chi connectivity index (χ0v) is 16.5. The van der Waals surface area contributed by atoms with Gasteiger partial charge in [-0.25, -0.2) is 14.4 Å². The standard InChI is InChI=1S/C24H15FN4S/c25-16-7-10-21-23(11-16)30-24(28-21)15-5-8-17(9-6-15)29-14-26-13-22(29)19-12-27-20-4-2-1-3-18(19)20/h1-14,27H. The average molecular weight is 410 g/mol. The van der Waals surface area contributed by atoms with E-state index in [2.05, 4.69) is 43.8 Å². The molecule has 0 saturated carbocycles. The highest BCUT2D eigenvalue weighted by atomic mass is 32.1. The SMILES string of the molecule is Fc1ccc2nc(-c3ccc(-n4cncc4-c4c[nH]c5ccccc45)cc3)sc2c1. The molecule has 4 nitrogen and oxygen atoms in total. The van der Waals surface area contributed by atoms with Crippen LogP contribution in [0, 0.1) is 5.82 Å². The molecule has 1 N–H and O–H groups in total. The number of para-hydroxylation sites is 1. The van der Waals surface area contributed by atoms with Crippen molar-refractivity contribution in [3.8, 4) is 27.5 Å². The van der Waals surface area contributed by atoms with Gasteiger partial charge in [0.15, 0.2) is 0 Å². The molecule has 3 aromatic carbocycles. The van der Waals surface area contributed by atoms with Gasteiger partial charge in [-0.05, 0) is 48.5 Å². The number of H-pyrrole nitrogens is 1. The minimum atomic E-state index is -0.238. The van der Waals surface area contributed by atoms with Gasteiger partial charge >= 0.3 is 0 Å². The summed E-state index contributed by atoms with van der Waals surface area (Å²) < 4.78 is 16.4.